The van der Waals surface area contributed by atoms with Crippen molar-refractivity contribution in [1.82, 2.24) is 0 Å². The lowest BCUT2D eigenvalue weighted by molar-refractivity contribution is 0.411. The predicted octanol–water partition coefficient (Wildman–Crippen LogP) is 4.02. The van der Waals surface area contributed by atoms with E-state index >= 15 is 0 Å². The molecule has 2 N–H and O–H groups in total. The van der Waals surface area contributed by atoms with Crippen molar-refractivity contribution < 1.29 is 4.74 Å². The Morgan fingerprint density at radius 3 is 2.18 bits per heavy atom. The minimum absolute atomic E-state index is 0.853. The fourth-order valence-corrected chi connectivity index (χ4v) is 2.85. The molecule has 0 aliphatic carbocycles. The Balaban J connectivity index is 2.20. The van der Waals surface area contributed by atoms with E-state index in [1.54, 1.807) is 7.11 Å². The normalized spacial score (nSPS) is 10.5. The van der Waals surface area contributed by atoms with Crippen LogP contribution in [-0.2, 0) is 6.42 Å². The van der Waals surface area contributed by atoms with Crippen molar-refractivity contribution in [2.75, 3.05) is 30.8 Å². The van der Waals surface area contributed by atoms with Gasteiger partial charge in [0, 0.05) is 13.1 Å². The molecule has 3 heteroatoms. The summed E-state index contributed by atoms with van der Waals surface area (Å²) in [5.74, 6) is 0.931. The van der Waals surface area contributed by atoms with Gasteiger partial charge in [-0.05, 0) is 62.1 Å². The van der Waals surface area contributed by atoms with Crippen LogP contribution >= 0.6 is 0 Å². The van der Waals surface area contributed by atoms with Crippen molar-refractivity contribution in [3.8, 4) is 5.75 Å². The highest BCUT2D eigenvalue weighted by Gasteiger charge is 2.08. The van der Waals surface area contributed by atoms with Gasteiger partial charge in [-0.25, -0.2) is 0 Å². The van der Waals surface area contributed by atoms with Crippen molar-refractivity contribution in [2.45, 2.75) is 27.2 Å². The van der Waals surface area contributed by atoms with E-state index in [-0.39, 0.29) is 0 Å². The van der Waals surface area contributed by atoms with E-state index in [1.807, 2.05) is 6.07 Å². The van der Waals surface area contributed by atoms with E-state index < -0.39 is 0 Å². The Hall–Kier alpha value is -2.16. The Labute approximate surface area is 133 Å². The van der Waals surface area contributed by atoms with Crippen LogP contribution in [0.4, 0.5) is 11.4 Å². The van der Waals surface area contributed by atoms with Crippen LogP contribution in [0.5, 0.6) is 5.75 Å². The standard InChI is InChI=1S/C19H26N2O/c1-5-21(6-2)18-9-7-16(13-17(18)20)12-15-8-10-19(22-4)14(3)11-15/h7-11,13H,5-6,12,20H2,1-4H3. The highest BCUT2D eigenvalue weighted by Crippen LogP contribution is 2.26. The summed E-state index contributed by atoms with van der Waals surface area (Å²) in [6.07, 6.45) is 0.883. The number of hydrogen-bond donors (Lipinski definition) is 1. The summed E-state index contributed by atoms with van der Waals surface area (Å²) in [5, 5.41) is 0. The maximum absolute atomic E-state index is 6.24. The molecule has 0 bridgehead atoms. The zero-order chi connectivity index (χ0) is 16.1. The Bertz CT molecular complexity index is 633. The van der Waals surface area contributed by atoms with Gasteiger partial charge in [-0.15, -0.1) is 0 Å². The van der Waals surface area contributed by atoms with E-state index in [2.05, 4.69) is 56.0 Å². The molecule has 0 radical (unpaired) electrons. The highest BCUT2D eigenvalue weighted by molar-refractivity contribution is 5.68. The van der Waals surface area contributed by atoms with Crippen LogP contribution < -0.4 is 15.4 Å². The van der Waals surface area contributed by atoms with Gasteiger partial charge in [-0.2, -0.15) is 0 Å². The van der Waals surface area contributed by atoms with Gasteiger partial charge in [0.2, 0.25) is 0 Å². The number of aryl methyl sites for hydroxylation is 1. The van der Waals surface area contributed by atoms with Crippen LogP contribution in [0, 0.1) is 6.92 Å². The lowest BCUT2D eigenvalue weighted by atomic mass is 10.0. The van der Waals surface area contributed by atoms with Gasteiger partial charge in [-0.3, -0.25) is 0 Å². The third kappa shape index (κ3) is 3.53. The largest absolute Gasteiger partial charge is 0.496 e. The SMILES string of the molecule is CCN(CC)c1ccc(Cc2ccc(OC)c(C)c2)cc1N. The monoisotopic (exact) mass is 298 g/mol. The van der Waals surface area contributed by atoms with Gasteiger partial charge >= 0.3 is 0 Å². The number of nitrogens with two attached hydrogens (primary N) is 1. The molecule has 0 spiro atoms. The first-order chi connectivity index (χ1) is 10.6. The molecule has 0 amide bonds. The molecule has 2 aromatic rings. The van der Waals surface area contributed by atoms with Gasteiger partial charge in [0.15, 0.2) is 0 Å². The van der Waals surface area contributed by atoms with Crippen molar-refractivity contribution in [1.29, 1.82) is 0 Å². The Morgan fingerprint density at radius 1 is 1.00 bits per heavy atom. The summed E-state index contributed by atoms with van der Waals surface area (Å²) in [6, 6.07) is 12.7. The van der Waals surface area contributed by atoms with E-state index in [1.165, 1.54) is 11.1 Å². The second-order valence-electron chi connectivity index (χ2n) is 5.55. The number of ether oxygens (including phenoxy) is 1. The molecule has 0 unspecified atom stereocenters. The van der Waals surface area contributed by atoms with Crippen molar-refractivity contribution in [3.63, 3.8) is 0 Å². The van der Waals surface area contributed by atoms with Crippen LogP contribution in [0.15, 0.2) is 36.4 Å². The molecule has 0 aliphatic heterocycles. The maximum atomic E-state index is 6.24. The third-order valence-corrected chi connectivity index (χ3v) is 4.06. The average molecular weight is 298 g/mol. The number of hydrogen-bond acceptors (Lipinski definition) is 3. The molecule has 0 fully saturated rings. The van der Waals surface area contributed by atoms with Gasteiger partial charge in [0.05, 0.1) is 18.5 Å². The summed E-state index contributed by atoms with van der Waals surface area (Å²) in [5.41, 5.74) is 11.9. The molecule has 0 atom stereocenters. The molecule has 2 aromatic carbocycles. The van der Waals surface area contributed by atoms with Crippen LogP contribution in [0.2, 0.25) is 0 Å². The topological polar surface area (TPSA) is 38.5 Å². The quantitative estimate of drug-likeness (QED) is 0.819. The second-order valence-corrected chi connectivity index (χ2v) is 5.55. The molecule has 3 nitrogen and oxygen atoms in total. The first-order valence-corrected chi connectivity index (χ1v) is 7.85. The molecule has 0 aromatic heterocycles. The van der Waals surface area contributed by atoms with E-state index in [9.17, 15) is 0 Å². The molecule has 2 rings (SSSR count). The lowest BCUT2D eigenvalue weighted by Crippen LogP contribution is -2.22. The number of rotatable bonds is 6. The molecule has 22 heavy (non-hydrogen) atoms. The summed E-state index contributed by atoms with van der Waals surface area (Å²) in [6.45, 7) is 8.31. The zero-order valence-corrected chi connectivity index (χ0v) is 14.0. The Kier molecular flexibility index (Phi) is 5.31. The lowest BCUT2D eigenvalue weighted by Gasteiger charge is -2.23. The number of methoxy groups -OCH3 is 1. The molecule has 118 valence electrons. The second kappa shape index (κ2) is 7.21. The molecule has 0 saturated carbocycles. The molecule has 0 saturated heterocycles. The molecule has 0 aliphatic rings. The summed E-state index contributed by atoms with van der Waals surface area (Å²) >= 11 is 0. The fraction of sp³-hybridized carbons (Fsp3) is 0.368. The number of nitrogens with zero attached hydrogens (tertiary/aromatic N) is 1. The van der Waals surface area contributed by atoms with E-state index in [0.29, 0.717) is 0 Å². The van der Waals surface area contributed by atoms with E-state index in [4.69, 9.17) is 10.5 Å². The summed E-state index contributed by atoms with van der Waals surface area (Å²) in [7, 11) is 1.70. The van der Waals surface area contributed by atoms with Gasteiger partial charge in [-0.1, -0.05) is 18.2 Å². The van der Waals surface area contributed by atoms with Crippen molar-refractivity contribution in [3.05, 3.63) is 53.1 Å². The number of nitrogen functional groups attached to an aromatic ring is 1. The summed E-state index contributed by atoms with van der Waals surface area (Å²) in [4.78, 5) is 2.27. The zero-order valence-electron chi connectivity index (χ0n) is 14.0. The van der Waals surface area contributed by atoms with Crippen molar-refractivity contribution in [2.24, 2.45) is 0 Å². The summed E-state index contributed by atoms with van der Waals surface area (Å²) < 4.78 is 5.31. The minimum Gasteiger partial charge on any atom is -0.496 e. The van der Waals surface area contributed by atoms with Crippen LogP contribution in [-0.4, -0.2) is 20.2 Å². The van der Waals surface area contributed by atoms with Crippen LogP contribution in [0.3, 0.4) is 0 Å². The van der Waals surface area contributed by atoms with Crippen molar-refractivity contribution >= 4 is 11.4 Å². The number of benzene rings is 2. The molecule has 0 heterocycles. The maximum Gasteiger partial charge on any atom is 0.121 e. The van der Waals surface area contributed by atoms with E-state index in [0.717, 1.165) is 42.2 Å². The highest BCUT2D eigenvalue weighted by atomic mass is 16.5. The number of anilines is 2. The van der Waals surface area contributed by atoms with Gasteiger partial charge in [0.25, 0.3) is 0 Å². The minimum atomic E-state index is 0.853. The first-order valence-electron chi connectivity index (χ1n) is 7.85. The molecular formula is C19H26N2O. The van der Waals surface area contributed by atoms with Crippen LogP contribution in [0.1, 0.15) is 30.5 Å². The average Bonchev–Trinajstić information content (AvgIpc) is 2.50. The smallest absolute Gasteiger partial charge is 0.121 e. The third-order valence-electron chi connectivity index (χ3n) is 4.06. The Morgan fingerprint density at radius 2 is 1.64 bits per heavy atom. The fourth-order valence-electron chi connectivity index (χ4n) is 2.85. The first kappa shape index (κ1) is 16.2. The molecular weight excluding hydrogens is 272 g/mol. The van der Waals surface area contributed by atoms with Crippen LogP contribution in [0.25, 0.3) is 0 Å². The van der Waals surface area contributed by atoms with Gasteiger partial charge in [0.1, 0.15) is 5.75 Å². The predicted molar refractivity (Wildman–Crippen MR) is 95.0 cm³/mol. The van der Waals surface area contributed by atoms with Gasteiger partial charge < -0.3 is 15.4 Å².